The van der Waals surface area contributed by atoms with Gasteiger partial charge in [0.05, 0.1) is 0 Å². The van der Waals surface area contributed by atoms with Gasteiger partial charge in [0, 0.05) is 6.42 Å². The fourth-order valence-corrected chi connectivity index (χ4v) is 4.44. The second-order valence-electron chi connectivity index (χ2n) is 6.76. The zero-order valence-electron chi connectivity index (χ0n) is 12.2. The molecule has 0 radical (unpaired) electrons. The van der Waals surface area contributed by atoms with Crippen molar-refractivity contribution in [2.75, 3.05) is 0 Å². The molecule has 0 saturated heterocycles. The van der Waals surface area contributed by atoms with Crippen LogP contribution in [0.4, 0.5) is 0 Å². The van der Waals surface area contributed by atoms with Gasteiger partial charge < -0.3 is 0 Å². The molecule has 0 aromatic carbocycles. The van der Waals surface area contributed by atoms with Crippen LogP contribution < -0.4 is 0 Å². The summed E-state index contributed by atoms with van der Waals surface area (Å²) in [5.74, 6) is 1.98. The molecule has 0 amide bonds. The van der Waals surface area contributed by atoms with Crippen LogP contribution in [0.3, 0.4) is 0 Å². The van der Waals surface area contributed by atoms with E-state index in [2.05, 4.69) is 6.92 Å². The van der Waals surface area contributed by atoms with Crippen LogP contribution in [-0.2, 0) is 4.79 Å². The lowest BCUT2D eigenvalue weighted by atomic mass is 9.69. The van der Waals surface area contributed by atoms with Crippen LogP contribution in [-0.4, -0.2) is 5.78 Å². The lowest BCUT2D eigenvalue weighted by Gasteiger charge is -2.36. The van der Waals surface area contributed by atoms with Gasteiger partial charge in [0.2, 0.25) is 0 Å². The zero-order chi connectivity index (χ0) is 13.2. The minimum absolute atomic E-state index is 0.376. The van der Waals surface area contributed by atoms with Crippen LogP contribution in [0.25, 0.3) is 0 Å². The highest BCUT2D eigenvalue weighted by molar-refractivity contribution is 5.91. The Morgan fingerprint density at radius 3 is 2.79 bits per heavy atom. The van der Waals surface area contributed by atoms with Gasteiger partial charge in [-0.25, -0.2) is 0 Å². The summed E-state index contributed by atoms with van der Waals surface area (Å²) in [4.78, 5) is 11.6. The van der Waals surface area contributed by atoms with Crippen molar-refractivity contribution in [3.8, 4) is 0 Å². The largest absolute Gasteiger partial charge is 0.295 e. The Morgan fingerprint density at radius 1 is 1.11 bits per heavy atom. The highest BCUT2D eigenvalue weighted by atomic mass is 16.1. The fourth-order valence-electron chi connectivity index (χ4n) is 4.44. The molecule has 0 aromatic heterocycles. The smallest absolute Gasteiger partial charge is 0.155 e. The van der Waals surface area contributed by atoms with E-state index in [9.17, 15) is 4.79 Å². The molecule has 0 aromatic rings. The summed E-state index contributed by atoms with van der Waals surface area (Å²) < 4.78 is 0. The molecule has 3 rings (SSSR count). The number of hydrogen-bond donors (Lipinski definition) is 0. The lowest BCUT2D eigenvalue weighted by Crippen LogP contribution is -2.26. The maximum atomic E-state index is 11.6. The molecule has 0 N–H and O–H groups in total. The SMILES string of the molecule is CC1=C(CCC2CCCC3=CC(=O)CCC32)CCC1. The third-order valence-electron chi connectivity index (χ3n) is 5.58. The van der Waals surface area contributed by atoms with Crippen LogP contribution in [0, 0.1) is 11.8 Å². The van der Waals surface area contributed by atoms with Gasteiger partial charge in [0.1, 0.15) is 0 Å². The van der Waals surface area contributed by atoms with E-state index in [0.29, 0.717) is 5.78 Å². The second-order valence-corrected chi connectivity index (χ2v) is 6.76. The monoisotopic (exact) mass is 258 g/mol. The number of carbonyl (C=O) groups excluding carboxylic acids is 1. The Morgan fingerprint density at radius 2 is 2.00 bits per heavy atom. The van der Waals surface area contributed by atoms with Crippen molar-refractivity contribution >= 4 is 5.78 Å². The lowest BCUT2D eigenvalue weighted by molar-refractivity contribution is -0.115. The minimum Gasteiger partial charge on any atom is -0.295 e. The average molecular weight is 258 g/mol. The molecule has 0 heterocycles. The van der Waals surface area contributed by atoms with Gasteiger partial charge in [-0.2, -0.15) is 0 Å². The first-order chi connectivity index (χ1) is 9.24. The van der Waals surface area contributed by atoms with Crippen LogP contribution in [0.2, 0.25) is 0 Å². The Balaban J connectivity index is 1.63. The van der Waals surface area contributed by atoms with Crippen LogP contribution in [0.5, 0.6) is 0 Å². The standard InChI is InChI=1S/C18H26O/c1-13-4-2-5-14(13)8-9-15-6-3-7-16-12-17(19)10-11-18(15)16/h12,15,18H,2-11H2,1H3. The maximum absolute atomic E-state index is 11.6. The molecule has 19 heavy (non-hydrogen) atoms. The van der Waals surface area contributed by atoms with E-state index >= 15 is 0 Å². The summed E-state index contributed by atoms with van der Waals surface area (Å²) in [6.07, 6.45) is 14.6. The molecule has 3 aliphatic rings. The van der Waals surface area contributed by atoms with Gasteiger partial charge in [0.15, 0.2) is 5.78 Å². The van der Waals surface area contributed by atoms with Crippen molar-refractivity contribution in [1.82, 2.24) is 0 Å². The van der Waals surface area contributed by atoms with Crippen molar-refractivity contribution in [3.63, 3.8) is 0 Å². The van der Waals surface area contributed by atoms with Crippen molar-refractivity contribution in [1.29, 1.82) is 0 Å². The van der Waals surface area contributed by atoms with Crippen LogP contribution in [0.1, 0.15) is 71.1 Å². The summed E-state index contributed by atoms with van der Waals surface area (Å²) >= 11 is 0. The third kappa shape index (κ3) is 2.85. The quantitative estimate of drug-likeness (QED) is 0.653. The topological polar surface area (TPSA) is 17.1 Å². The number of allylic oxidation sites excluding steroid dienone is 4. The van der Waals surface area contributed by atoms with Gasteiger partial charge in [-0.15, -0.1) is 0 Å². The Bertz CT molecular complexity index is 427. The molecule has 1 nitrogen and oxygen atoms in total. The molecular formula is C18H26O. The van der Waals surface area contributed by atoms with E-state index in [4.69, 9.17) is 0 Å². The molecule has 1 heteroatoms. The van der Waals surface area contributed by atoms with E-state index < -0.39 is 0 Å². The Hall–Kier alpha value is -0.850. The Kier molecular flexibility index (Phi) is 3.91. The normalized spacial score (nSPS) is 31.4. The molecule has 0 spiro atoms. The fraction of sp³-hybridized carbons (Fsp3) is 0.722. The summed E-state index contributed by atoms with van der Waals surface area (Å²) in [6, 6.07) is 0. The average Bonchev–Trinajstić information content (AvgIpc) is 2.81. The third-order valence-corrected chi connectivity index (χ3v) is 5.58. The highest BCUT2D eigenvalue weighted by Gasteiger charge is 2.31. The summed E-state index contributed by atoms with van der Waals surface area (Å²) in [6.45, 7) is 2.33. The maximum Gasteiger partial charge on any atom is 0.155 e. The minimum atomic E-state index is 0.376. The van der Waals surface area contributed by atoms with Crippen molar-refractivity contribution < 1.29 is 4.79 Å². The van der Waals surface area contributed by atoms with Crippen molar-refractivity contribution in [2.24, 2.45) is 11.8 Å². The van der Waals surface area contributed by atoms with Crippen LogP contribution >= 0.6 is 0 Å². The van der Waals surface area contributed by atoms with Gasteiger partial charge in [0.25, 0.3) is 0 Å². The number of fused-ring (bicyclic) bond motifs is 1. The molecule has 1 saturated carbocycles. The number of ketones is 1. The van der Waals surface area contributed by atoms with E-state index in [0.717, 1.165) is 24.7 Å². The predicted octanol–water partition coefficient (Wildman–Crippen LogP) is 4.97. The number of hydrogen-bond acceptors (Lipinski definition) is 1. The van der Waals surface area contributed by atoms with Gasteiger partial charge in [-0.05, 0) is 82.6 Å². The first-order valence-electron chi connectivity index (χ1n) is 8.15. The van der Waals surface area contributed by atoms with E-state index in [1.165, 1.54) is 56.9 Å². The first kappa shape index (κ1) is 13.1. The molecule has 104 valence electrons. The predicted molar refractivity (Wildman–Crippen MR) is 78.9 cm³/mol. The van der Waals surface area contributed by atoms with Crippen molar-refractivity contribution in [3.05, 3.63) is 22.8 Å². The molecule has 2 unspecified atom stereocenters. The Labute approximate surface area is 117 Å². The molecule has 1 fully saturated rings. The van der Waals surface area contributed by atoms with Crippen LogP contribution in [0.15, 0.2) is 22.8 Å². The van der Waals surface area contributed by atoms with Gasteiger partial charge in [-0.1, -0.05) is 16.7 Å². The molecular weight excluding hydrogens is 232 g/mol. The summed E-state index contributed by atoms with van der Waals surface area (Å²) in [7, 11) is 0. The van der Waals surface area contributed by atoms with E-state index in [1.54, 1.807) is 11.1 Å². The van der Waals surface area contributed by atoms with E-state index in [1.807, 2.05) is 6.08 Å². The molecule has 0 aliphatic heterocycles. The van der Waals surface area contributed by atoms with Crippen molar-refractivity contribution in [2.45, 2.75) is 71.1 Å². The van der Waals surface area contributed by atoms with Gasteiger partial charge >= 0.3 is 0 Å². The second kappa shape index (κ2) is 5.64. The number of rotatable bonds is 3. The molecule has 2 atom stereocenters. The van der Waals surface area contributed by atoms with E-state index in [-0.39, 0.29) is 0 Å². The summed E-state index contributed by atoms with van der Waals surface area (Å²) in [5, 5.41) is 0. The van der Waals surface area contributed by atoms with Gasteiger partial charge in [-0.3, -0.25) is 4.79 Å². The molecule has 3 aliphatic carbocycles. The zero-order valence-corrected chi connectivity index (χ0v) is 12.2. The summed E-state index contributed by atoms with van der Waals surface area (Å²) in [5.41, 5.74) is 4.91. The molecule has 0 bridgehead atoms. The first-order valence-corrected chi connectivity index (χ1v) is 8.15. The highest BCUT2D eigenvalue weighted by Crippen LogP contribution is 2.43. The number of carbonyl (C=O) groups is 1.